The Bertz CT molecular complexity index is 849. The highest BCUT2D eigenvalue weighted by atomic mass is 32.2. The summed E-state index contributed by atoms with van der Waals surface area (Å²) in [5, 5.41) is 2.91. The number of amides is 1. The molecular weight excluding hydrogens is 362 g/mol. The summed E-state index contributed by atoms with van der Waals surface area (Å²) in [6.07, 6.45) is 1.98. The average molecular weight is 384 g/mol. The lowest BCUT2D eigenvalue weighted by Crippen LogP contribution is -2.47. The number of hydrogen-bond donors (Lipinski definition) is 0. The quantitative estimate of drug-likeness (QED) is 0.755. The van der Waals surface area contributed by atoms with Crippen molar-refractivity contribution in [2.24, 2.45) is 4.99 Å². The summed E-state index contributed by atoms with van der Waals surface area (Å²) >= 11 is 3.18. The molecule has 1 aromatic carbocycles. The van der Waals surface area contributed by atoms with Crippen LogP contribution < -0.4 is 0 Å². The van der Waals surface area contributed by atoms with E-state index in [-0.39, 0.29) is 5.91 Å². The van der Waals surface area contributed by atoms with Crippen LogP contribution in [0.15, 0.2) is 51.7 Å². The molecule has 2 aliphatic heterocycles. The van der Waals surface area contributed by atoms with Gasteiger partial charge in [-0.2, -0.15) is 4.99 Å². The Kier molecular flexibility index (Phi) is 5.24. The van der Waals surface area contributed by atoms with Crippen LogP contribution in [-0.2, 0) is 11.3 Å². The number of aliphatic imine (C=N–C) groups is 1. The number of carbonyl (C=O) groups is 1. The van der Waals surface area contributed by atoms with Crippen LogP contribution in [0, 0.1) is 6.92 Å². The van der Waals surface area contributed by atoms with Crippen molar-refractivity contribution in [2.75, 3.05) is 26.2 Å². The minimum Gasteiger partial charge on any atom is -0.348 e. The van der Waals surface area contributed by atoms with Gasteiger partial charge in [-0.15, -0.1) is 11.3 Å². The Hall–Kier alpha value is -1.89. The Labute approximate surface area is 162 Å². The summed E-state index contributed by atoms with van der Waals surface area (Å²) in [6, 6.07) is 12.7. The van der Waals surface area contributed by atoms with Gasteiger partial charge in [0.1, 0.15) is 0 Å². The van der Waals surface area contributed by atoms with E-state index < -0.39 is 0 Å². The molecule has 0 bridgehead atoms. The highest BCUT2D eigenvalue weighted by Gasteiger charge is 2.28. The van der Waals surface area contributed by atoms with E-state index in [1.165, 1.54) is 22.9 Å². The molecule has 4 rings (SSSR count). The SMILES string of the molecule is Cc1ccsc1/C=C1\SC(N2CCN(Cc3ccccc3)CC2)=NC1=O. The number of thioether (sulfide) groups is 1. The maximum absolute atomic E-state index is 12.3. The van der Waals surface area contributed by atoms with Crippen molar-refractivity contribution < 1.29 is 4.79 Å². The van der Waals surface area contributed by atoms with E-state index in [1.54, 1.807) is 11.3 Å². The van der Waals surface area contributed by atoms with E-state index in [0.29, 0.717) is 0 Å². The first-order chi connectivity index (χ1) is 12.7. The lowest BCUT2D eigenvalue weighted by molar-refractivity contribution is -0.113. The number of thiophene rings is 1. The number of hydrogen-bond acceptors (Lipinski definition) is 5. The molecule has 4 nitrogen and oxygen atoms in total. The molecular formula is C20H21N3OS2. The summed E-state index contributed by atoms with van der Waals surface area (Å²) in [5.41, 5.74) is 2.55. The third-order valence-corrected chi connectivity index (χ3v) is 6.68. The van der Waals surface area contributed by atoms with Crippen LogP contribution in [0.3, 0.4) is 0 Å². The number of amidine groups is 1. The molecule has 0 aliphatic carbocycles. The fourth-order valence-corrected chi connectivity index (χ4v) is 5.00. The van der Waals surface area contributed by atoms with Crippen LogP contribution in [0.1, 0.15) is 16.0 Å². The van der Waals surface area contributed by atoms with E-state index in [2.05, 4.69) is 63.5 Å². The largest absolute Gasteiger partial charge is 0.348 e. The fourth-order valence-electron chi connectivity index (χ4n) is 3.12. The zero-order valence-electron chi connectivity index (χ0n) is 14.7. The minimum atomic E-state index is -0.107. The highest BCUT2D eigenvalue weighted by Crippen LogP contribution is 2.32. The average Bonchev–Trinajstić information content (AvgIpc) is 3.23. The van der Waals surface area contributed by atoms with Gasteiger partial charge < -0.3 is 4.90 Å². The lowest BCUT2D eigenvalue weighted by atomic mass is 10.2. The third kappa shape index (κ3) is 3.92. The van der Waals surface area contributed by atoms with Crippen molar-refractivity contribution in [3.05, 3.63) is 62.7 Å². The van der Waals surface area contributed by atoms with E-state index in [0.717, 1.165) is 47.7 Å². The molecule has 0 atom stereocenters. The van der Waals surface area contributed by atoms with Crippen LogP contribution in [0.4, 0.5) is 0 Å². The van der Waals surface area contributed by atoms with Crippen molar-refractivity contribution in [2.45, 2.75) is 13.5 Å². The number of rotatable bonds is 3. The highest BCUT2D eigenvalue weighted by molar-refractivity contribution is 8.18. The zero-order chi connectivity index (χ0) is 17.9. The molecule has 0 saturated carbocycles. The number of benzene rings is 1. The Morgan fingerprint density at radius 1 is 1.12 bits per heavy atom. The van der Waals surface area contributed by atoms with Gasteiger partial charge in [0.2, 0.25) is 0 Å². The van der Waals surface area contributed by atoms with Crippen molar-refractivity contribution in [3.8, 4) is 0 Å². The molecule has 2 aliphatic rings. The second-order valence-electron chi connectivity index (χ2n) is 6.53. The van der Waals surface area contributed by atoms with Crippen molar-refractivity contribution >= 4 is 40.2 Å². The standard InChI is InChI=1S/C20H21N3OS2/c1-15-7-12-25-17(15)13-18-19(24)21-20(26-18)23-10-8-22(9-11-23)14-16-5-3-2-4-6-16/h2-7,12-13H,8-11,14H2,1H3/b18-13-. The maximum Gasteiger partial charge on any atom is 0.286 e. The Morgan fingerprint density at radius 3 is 2.58 bits per heavy atom. The van der Waals surface area contributed by atoms with E-state index in [4.69, 9.17) is 0 Å². The van der Waals surface area contributed by atoms with E-state index in [9.17, 15) is 4.79 Å². The van der Waals surface area contributed by atoms with E-state index >= 15 is 0 Å². The zero-order valence-corrected chi connectivity index (χ0v) is 16.4. The van der Waals surface area contributed by atoms with Crippen LogP contribution in [0.25, 0.3) is 6.08 Å². The summed E-state index contributed by atoms with van der Waals surface area (Å²) in [7, 11) is 0. The first kappa shape index (κ1) is 17.5. The lowest BCUT2D eigenvalue weighted by Gasteiger charge is -2.35. The van der Waals surface area contributed by atoms with Crippen molar-refractivity contribution in [3.63, 3.8) is 0 Å². The summed E-state index contributed by atoms with van der Waals surface area (Å²) in [5.74, 6) is -0.107. The van der Waals surface area contributed by atoms with Gasteiger partial charge in [0.25, 0.3) is 5.91 Å². The number of nitrogens with zero attached hydrogens (tertiary/aromatic N) is 3. The molecule has 0 N–H and O–H groups in total. The predicted octanol–water partition coefficient (Wildman–Crippen LogP) is 3.84. The Balaban J connectivity index is 1.35. The molecule has 1 amide bonds. The smallest absolute Gasteiger partial charge is 0.286 e. The van der Waals surface area contributed by atoms with Crippen molar-refractivity contribution in [1.82, 2.24) is 9.80 Å². The molecule has 1 aromatic heterocycles. The van der Waals surface area contributed by atoms with Crippen LogP contribution >= 0.6 is 23.1 Å². The predicted molar refractivity (Wildman–Crippen MR) is 110 cm³/mol. The van der Waals surface area contributed by atoms with Gasteiger partial charge in [0.05, 0.1) is 4.91 Å². The summed E-state index contributed by atoms with van der Waals surface area (Å²) < 4.78 is 0. The number of piperazine rings is 1. The van der Waals surface area contributed by atoms with Crippen molar-refractivity contribution in [1.29, 1.82) is 0 Å². The van der Waals surface area contributed by atoms with Crippen LogP contribution in [-0.4, -0.2) is 47.1 Å². The van der Waals surface area contributed by atoms with Gasteiger partial charge >= 0.3 is 0 Å². The molecule has 3 heterocycles. The van der Waals surface area contributed by atoms with Gasteiger partial charge in [0, 0.05) is 37.6 Å². The molecule has 2 aromatic rings. The Morgan fingerprint density at radius 2 is 1.88 bits per heavy atom. The maximum atomic E-state index is 12.3. The monoisotopic (exact) mass is 383 g/mol. The first-order valence-corrected chi connectivity index (χ1v) is 10.5. The fraction of sp³-hybridized carbons (Fsp3) is 0.300. The van der Waals surface area contributed by atoms with Gasteiger partial charge in [-0.25, -0.2) is 0 Å². The second-order valence-corrected chi connectivity index (χ2v) is 8.48. The van der Waals surface area contributed by atoms with Crippen LogP contribution in [0.2, 0.25) is 0 Å². The molecule has 1 fully saturated rings. The normalized spacial score (nSPS) is 20.0. The number of aryl methyl sites for hydroxylation is 1. The minimum absolute atomic E-state index is 0.107. The molecule has 0 unspecified atom stereocenters. The molecule has 0 radical (unpaired) electrons. The molecule has 6 heteroatoms. The van der Waals surface area contributed by atoms with Gasteiger partial charge in [-0.05, 0) is 47.3 Å². The molecule has 134 valence electrons. The molecule has 1 saturated heterocycles. The summed E-state index contributed by atoms with van der Waals surface area (Å²) in [6.45, 7) is 6.86. The van der Waals surface area contributed by atoms with Gasteiger partial charge in [0.15, 0.2) is 5.17 Å². The van der Waals surface area contributed by atoms with Gasteiger partial charge in [-0.1, -0.05) is 30.3 Å². The number of carbonyl (C=O) groups excluding carboxylic acids is 1. The van der Waals surface area contributed by atoms with E-state index in [1.807, 2.05) is 6.08 Å². The first-order valence-electron chi connectivity index (χ1n) is 8.77. The van der Waals surface area contributed by atoms with Crippen LogP contribution in [0.5, 0.6) is 0 Å². The molecule has 0 spiro atoms. The third-order valence-electron chi connectivity index (χ3n) is 4.66. The summed E-state index contributed by atoms with van der Waals surface area (Å²) in [4.78, 5) is 23.1. The topological polar surface area (TPSA) is 35.9 Å². The van der Waals surface area contributed by atoms with Gasteiger partial charge in [-0.3, -0.25) is 9.69 Å². The molecule has 26 heavy (non-hydrogen) atoms. The second kappa shape index (κ2) is 7.78.